The van der Waals surface area contributed by atoms with E-state index >= 15 is 0 Å². The molecule has 1 heterocycles. The van der Waals surface area contributed by atoms with Gasteiger partial charge in [0.05, 0.1) is 5.69 Å². The van der Waals surface area contributed by atoms with Crippen molar-refractivity contribution in [1.82, 2.24) is 4.90 Å². The number of hydrogen-bond donors (Lipinski definition) is 2. The van der Waals surface area contributed by atoms with Crippen molar-refractivity contribution in [3.05, 3.63) is 23.3 Å². The molecule has 1 aromatic carbocycles. The molecule has 1 amide bonds. The SMILES string of the molecule is CC(=O)Nc1cc(OC2CCN(C)CC2)c(C)cc1C=N. The summed E-state index contributed by atoms with van der Waals surface area (Å²) in [6.45, 7) is 5.52. The lowest BCUT2D eigenvalue weighted by molar-refractivity contribution is -0.114. The minimum absolute atomic E-state index is 0.146. The number of carbonyl (C=O) groups excluding carboxylic acids is 1. The summed E-state index contributed by atoms with van der Waals surface area (Å²) in [4.78, 5) is 13.6. The largest absolute Gasteiger partial charge is 0.490 e. The summed E-state index contributed by atoms with van der Waals surface area (Å²) >= 11 is 0. The number of nitrogens with one attached hydrogen (secondary N) is 2. The average Bonchev–Trinajstić information content (AvgIpc) is 2.44. The molecule has 0 saturated carbocycles. The van der Waals surface area contributed by atoms with Crippen LogP contribution in [0.2, 0.25) is 0 Å². The molecule has 1 saturated heterocycles. The van der Waals surface area contributed by atoms with Crippen molar-refractivity contribution in [2.75, 3.05) is 25.5 Å². The first-order valence-corrected chi connectivity index (χ1v) is 7.27. The first-order chi connectivity index (χ1) is 9.99. The summed E-state index contributed by atoms with van der Waals surface area (Å²) in [7, 11) is 2.12. The van der Waals surface area contributed by atoms with Crippen LogP contribution in [0.4, 0.5) is 5.69 Å². The third kappa shape index (κ3) is 4.04. The molecule has 21 heavy (non-hydrogen) atoms. The van der Waals surface area contributed by atoms with Crippen LogP contribution in [0, 0.1) is 12.3 Å². The molecule has 1 aromatic rings. The van der Waals surface area contributed by atoms with Gasteiger partial charge in [0.15, 0.2) is 0 Å². The van der Waals surface area contributed by atoms with E-state index in [4.69, 9.17) is 10.1 Å². The summed E-state index contributed by atoms with van der Waals surface area (Å²) in [6, 6.07) is 3.71. The highest BCUT2D eigenvalue weighted by Gasteiger charge is 2.19. The lowest BCUT2D eigenvalue weighted by Crippen LogP contribution is -2.35. The zero-order chi connectivity index (χ0) is 15.4. The number of piperidine rings is 1. The van der Waals surface area contributed by atoms with Gasteiger partial charge in [-0.2, -0.15) is 0 Å². The summed E-state index contributed by atoms with van der Waals surface area (Å²) in [6.07, 6.45) is 3.49. The Bertz CT molecular complexity index is 535. The highest BCUT2D eigenvalue weighted by molar-refractivity contribution is 5.96. The van der Waals surface area contributed by atoms with E-state index in [0.29, 0.717) is 11.3 Å². The molecule has 5 heteroatoms. The molecule has 0 radical (unpaired) electrons. The van der Waals surface area contributed by atoms with Gasteiger partial charge in [-0.05, 0) is 38.4 Å². The number of amides is 1. The van der Waals surface area contributed by atoms with E-state index in [1.807, 2.05) is 19.1 Å². The number of benzene rings is 1. The number of likely N-dealkylation sites (tertiary alicyclic amines) is 1. The molecule has 2 rings (SSSR count). The van der Waals surface area contributed by atoms with Gasteiger partial charge in [0.25, 0.3) is 0 Å². The highest BCUT2D eigenvalue weighted by Crippen LogP contribution is 2.28. The summed E-state index contributed by atoms with van der Waals surface area (Å²) < 4.78 is 6.10. The molecule has 0 bridgehead atoms. The summed E-state index contributed by atoms with van der Waals surface area (Å²) in [5.74, 6) is 0.645. The molecule has 1 aliphatic heterocycles. The lowest BCUT2D eigenvalue weighted by atomic mass is 10.1. The molecule has 0 aromatic heterocycles. The van der Waals surface area contributed by atoms with Crippen LogP contribution in [0.1, 0.15) is 30.9 Å². The van der Waals surface area contributed by atoms with Gasteiger partial charge in [-0.3, -0.25) is 4.79 Å². The molecule has 5 nitrogen and oxygen atoms in total. The van der Waals surface area contributed by atoms with Crippen LogP contribution >= 0.6 is 0 Å². The van der Waals surface area contributed by atoms with Crippen LogP contribution in [-0.2, 0) is 4.79 Å². The molecule has 1 fully saturated rings. The van der Waals surface area contributed by atoms with Crippen molar-refractivity contribution in [2.24, 2.45) is 0 Å². The second-order valence-corrected chi connectivity index (χ2v) is 5.65. The molecule has 0 unspecified atom stereocenters. The molecule has 2 N–H and O–H groups in total. The Kier molecular flexibility index (Phi) is 4.96. The van der Waals surface area contributed by atoms with Crippen molar-refractivity contribution >= 4 is 17.8 Å². The van der Waals surface area contributed by atoms with E-state index in [1.165, 1.54) is 13.1 Å². The summed E-state index contributed by atoms with van der Waals surface area (Å²) in [5.41, 5.74) is 2.31. The van der Waals surface area contributed by atoms with Crippen molar-refractivity contribution < 1.29 is 9.53 Å². The molecule has 1 aliphatic rings. The zero-order valence-electron chi connectivity index (χ0n) is 12.9. The third-order valence-electron chi connectivity index (χ3n) is 3.77. The van der Waals surface area contributed by atoms with E-state index in [1.54, 1.807) is 0 Å². The smallest absolute Gasteiger partial charge is 0.221 e. The minimum Gasteiger partial charge on any atom is -0.490 e. The van der Waals surface area contributed by atoms with Crippen molar-refractivity contribution in [2.45, 2.75) is 32.8 Å². The molecule has 114 valence electrons. The average molecular weight is 289 g/mol. The van der Waals surface area contributed by atoms with E-state index in [2.05, 4.69) is 17.3 Å². The second kappa shape index (κ2) is 6.72. The Morgan fingerprint density at radius 2 is 2.10 bits per heavy atom. The van der Waals surface area contributed by atoms with Gasteiger partial charge in [0.2, 0.25) is 5.91 Å². The van der Waals surface area contributed by atoms with Gasteiger partial charge in [0.1, 0.15) is 11.9 Å². The number of hydrogen-bond acceptors (Lipinski definition) is 4. The number of nitrogens with zero attached hydrogens (tertiary/aromatic N) is 1. The maximum Gasteiger partial charge on any atom is 0.221 e. The Morgan fingerprint density at radius 3 is 2.67 bits per heavy atom. The Balaban J connectivity index is 2.18. The molecule has 0 atom stereocenters. The maximum atomic E-state index is 11.3. The van der Waals surface area contributed by atoms with Gasteiger partial charge in [-0.1, -0.05) is 0 Å². The van der Waals surface area contributed by atoms with Crippen LogP contribution in [-0.4, -0.2) is 43.3 Å². The number of anilines is 1. The quantitative estimate of drug-likeness (QED) is 0.837. The van der Waals surface area contributed by atoms with Gasteiger partial charge in [0, 0.05) is 37.9 Å². The first-order valence-electron chi connectivity index (χ1n) is 7.27. The first kappa shape index (κ1) is 15.5. The van der Waals surface area contributed by atoms with Crippen molar-refractivity contribution in [3.8, 4) is 5.75 Å². The molecular weight excluding hydrogens is 266 g/mol. The monoisotopic (exact) mass is 289 g/mol. The van der Waals surface area contributed by atoms with Gasteiger partial charge in [-0.15, -0.1) is 0 Å². The van der Waals surface area contributed by atoms with Crippen LogP contribution in [0.3, 0.4) is 0 Å². The van der Waals surface area contributed by atoms with Gasteiger partial charge in [-0.25, -0.2) is 0 Å². The summed E-state index contributed by atoms with van der Waals surface area (Å²) in [5, 5.41) is 10.2. The highest BCUT2D eigenvalue weighted by atomic mass is 16.5. The Morgan fingerprint density at radius 1 is 1.43 bits per heavy atom. The predicted molar refractivity (Wildman–Crippen MR) is 84.5 cm³/mol. The third-order valence-corrected chi connectivity index (χ3v) is 3.77. The topological polar surface area (TPSA) is 65.4 Å². The second-order valence-electron chi connectivity index (χ2n) is 5.65. The minimum atomic E-state index is -0.146. The van der Waals surface area contributed by atoms with E-state index in [0.717, 1.165) is 37.2 Å². The fraction of sp³-hybridized carbons (Fsp3) is 0.500. The lowest BCUT2D eigenvalue weighted by Gasteiger charge is -2.30. The van der Waals surface area contributed by atoms with E-state index in [-0.39, 0.29) is 12.0 Å². The van der Waals surface area contributed by atoms with Gasteiger partial charge >= 0.3 is 0 Å². The van der Waals surface area contributed by atoms with E-state index in [9.17, 15) is 4.79 Å². The maximum absolute atomic E-state index is 11.3. The molecule has 0 aliphatic carbocycles. The Hall–Kier alpha value is -1.88. The van der Waals surface area contributed by atoms with Crippen molar-refractivity contribution in [1.29, 1.82) is 5.41 Å². The normalized spacial score (nSPS) is 16.5. The van der Waals surface area contributed by atoms with Crippen LogP contribution < -0.4 is 10.1 Å². The van der Waals surface area contributed by atoms with Crippen molar-refractivity contribution in [3.63, 3.8) is 0 Å². The number of ether oxygens (including phenoxy) is 1. The molecular formula is C16H23N3O2. The fourth-order valence-corrected chi connectivity index (χ4v) is 2.54. The van der Waals surface area contributed by atoms with Crippen LogP contribution in [0.25, 0.3) is 0 Å². The predicted octanol–water partition coefficient (Wildman–Crippen LogP) is 2.42. The van der Waals surface area contributed by atoms with Crippen LogP contribution in [0.15, 0.2) is 12.1 Å². The fourth-order valence-electron chi connectivity index (χ4n) is 2.54. The molecule has 0 spiro atoms. The number of carbonyl (C=O) groups is 1. The standard InChI is InChI=1S/C16H23N3O2/c1-11-8-13(10-17)15(18-12(2)20)9-16(11)21-14-4-6-19(3)7-5-14/h8-10,14,17H,4-7H2,1-3H3,(H,18,20). The van der Waals surface area contributed by atoms with E-state index < -0.39 is 0 Å². The van der Waals surface area contributed by atoms with Gasteiger partial charge < -0.3 is 20.4 Å². The Labute approximate surface area is 125 Å². The number of rotatable bonds is 4. The number of aryl methyl sites for hydroxylation is 1. The van der Waals surface area contributed by atoms with Crippen LogP contribution in [0.5, 0.6) is 5.75 Å². The zero-order valence-corrected chi connectivity index (χ0v) is 12.9.